The molecular weight excluding hydrogens is 244 g/mol. The molecule has 1 amide bonds. The normalized spacial score (nSPS) is 20.3. The zero-order valence-electron chi connectivity index (χ0n) is 9.09. The molecule has 0 radical (unpaired) electrons. The Bertz CT molecular complexity index is 329. The predicted octanol–water partition coefficient (Wildman–Crippen LogP) is 1.66. The molecule has 0 spiro atoms. The molecule has 0 unspecified atom stereocenters. The van der Waals surface area contributed by atoms with Crippen LogP contribution in [0.15, 0.2) is 16.8 Å². The van der Waals surface area contributed by atoms with Crippen LogP contribution in [-0.4, -0.2) is 29.9 Å². The van der Waals surface area contributed by atoms with Gasteiger partial charge in [0, 0.05) is 19.1 Å². The Morgan fingerprint density at radius 3 is 3.06 bits per heavy atom. The fraction of sp³-hybridized carbons (Fsp3) is 0.545. The highest BCUT2D eigenvalue weighted by Crippen LogP contribution is 2.12. The molecule has 1 fully saturated rings. The summed E-state index contributed by atoms with van der Waals surface area (Å²) in [6.45, 7) is 1.60. The fourth-order valence-electron chi connectivity index (χ4n) is 1.92. The SMILES string of the molecule is Cl.N[C@@H]1CCCN(C(=O)Cc2ccsc2)C1. The third kappa shape index (κ3) is 3.47. The Balaban J connectivity index is 0.00000128. The van der Waals surface area contributed by atoms with Crippen LogP contribution in [0.25, 0.3) is 0 Å². The van der Waals surface area contributed by atoms with Crippen LogP contribution in [0.3, 0.4) is 0 Å². The average molecular weight is 261 g/mol. The topological polar surface area (TPSA) is 46.3 Å². The zero-order valence-corrected chi connectivity index (χ0v) is 10.7. The van der Waals surface area contributed by atoms with Crippen LogP contribution in [0.4, 0.5) is 0 Å². The van der Waals surface area contributed by atoms with Gasteiger partial charge in [0.05, 0.1) is 6.42 Å². The van der Waals surface area contributed by atoms with Gasteiger partial charge in [0.2, 0.25) is 5.91 Å². The number of nitrogens with two attached hydrogens (primary N) is 1. The maximum Gasteiger partial charge on any atom is 0.227 e. The number of rotatable bonds is 2. The average Bonchev–Trinajstić information content (AvgIpc) is 2.70. The van der Waals surface area contributed by atoms with E-state index < -0.39 is 0 Å². The summed E-state index contributed by atoms with van der Waals surface area (Å²) in [4.78, 5) is 13.8. The van der Waals surface area contributed by atoms with Gasteiger partial charge in [-0.2, -0.15) is 11.3 Å². The van der Waals surface area contributed by atoms with E-state index in [-0.39, 0.29) is 24.4 Å². The highest BCUT2D eigenvalue weighted by Gasteiger charge is 2.20. The van der Waals surface area contributed by atoms with Gasteiger partial charge in [0.15, 0.2) is 0 Å². The van der Waals surface area contributed by atoms with Gasteiger partial charge in [0.25, 0.3) is 0 Å². The Morgan fingerprint density at radius 2 is 2.44 bits per heavy atom. The van der Waals surface area contributed by atoms with Crippen molar-refractivity contribution >= 4 is 29.7 Å². The van der Waals surface area contributed by atoms with Gasteiger partial charge in [-0.15, -0.1) is 12.4 Å². The Morgan fingerprint density at radius 1 is 1.62 bits per heavy atom. The second kappa shape index (κ2) is 6.23. The van der Waals surface area contributed by atoms with Crippen LogP contribution in [-0.2, 0) is 11.2 Å². The molecule has 0 aromatic carbocycles. The summed E-state index contributed by atoms with van der Waals surface area (Å²) >= 11 is 1.63. The van der Waals surface area contributed by atoms with Crippen molar-refractivity contribution in [2.45, 2.75) is 25.3 Å². The predicted molar refractivity (Wildman–Crippen MR) is 69.1 cm³/mol. The molecule has 0 saturated carbocycles. The lowest BCUT2D eigenvalue weighted by Crippen LogP contribution is -2.46. The van der Waals surface area contributed by atoms with E-state index in [0.29, 0.717) is 6.42 Å². The van der Waals surface area contributed by atoms with Crippen molar-refractivity contribution in [3.8, 4) is 0 Å². The van der Waals surface area contributed by atoms with Crippen molar-refractivity contribution in [3.63, 3.8) is 0 Å². The number of amides is 1. The van der Waals surface area contributed by atoms with Crippen LogP contribution in [0.5, 0.6) is 0 Å². The summed E-state index contributed by atoms with van der Waals surface area (Å²) in [5.41, 5.74) is 6.96. The van der Waals surface area contributed by atoms with Crippen LogP contribution in [0, 0.1) is 0 Å². The summed E-state index contributed by atoms with van der Waals surface area (Å²) in [7, 11) is 0. The molecule has 1 aromatic heterocycles. The number of piperidine rings is 1. The van der Waals surface area contributed by atoms with E-state index in [1.807, 2.05) is 21.7 Å². The maximum absolute atomic E-state index is 11.9. The number of nitrogens with zero attached hydrogens (tertiary/aromatic N) is 1. The van der Waals surface area contributed by atoms with Crippen LogP contribution < -0.4 is 5.73 Å². The number of carbonyl (C=O) groups excluding carboxylic acids is 1. The summed E-state index contributed by atoms with van der Waals surface area (Å²) in [6.07, 6.45) is 2.61. The fourth-order valence-corrected chi connectivity index (χ4v) is 2.58. The minimum absolute atomic E-state index is 0. The first-order valence-corrected chi connectivity index (χ1v) is 6.24. The van der Waals surface area contributed by atoms with Gasteiger partial charge >= 0.3 is 0 Å². The number of hydrogen-bond donors (Lipinski definition) is 1. The molecule has 2 rings (SSSR count). The highest BCUT2D eigenvalue weighted by molar-refractivity contribution is 7.07. The number of hydrogen-bond acceptors (Lipinski definition) is 3. The number of halogens is 1. The molecule has 1 aliphatic heterocycles. The lowest BCUT2D eigenvalue weighted by molar-refractivity contribution is -0.131. The minimum Gasteiger partial charge on any atom is -0.341 e. The molecule has 1 aromatic rings. The van der Waals surface area contributed by atoms with E-state index in [2.05, 4.69) is 0 Å². The number of carbonyl (C=O) groups is 1. The summed E-state index contributed by atoms with van der Waals surface area (Å²) in [5.74, 6) is 0.212. The smallest absolute Gasteiger partial charge is 0.227 e. The Hall–Kier alpha value is -0.580. The standard InChI is InChI=1S/C11H16N2OS.ClH/c12-10-2-1-4-13(7-10)11(14)6-9-3-5-15-8-9;/h3,5,8,10H,1-2,4,6-7,12H2;1H/t10-;/m1./s1. The van der Waals surface area contributed by atoms with Crippen molar-refractivity contribution in [3.05, 3.63) is 22.4 Å². The van der Waals surface area contributed by atoms with Crippen molar-refractivity contribution in [2.24, 2.45) is 5.73 Å². The quantitative estimate of drug-likeness (QED) is 0.879. The summed E-state index contributed by atoms with van der Waals surface area (Å²) < 4.78 is 0. The second-order valence-electron chi connectivity index (χ2n) is 4.05. The first kappa shape index (κ1) is 13.5. The van der Waals surface area contributed by atoms with Gasteiger partial charge in [-0.05, 0) is 35.2 Å². The van der Waals surface area contributed by atoms with Crippen LogP contribution in [0.2, 0.25) is 0 Å². The van der Waals surface area contributed by atoms with E-state index in [4.69, 9.17) is 5.73 Å². The summed E-state index contributed by atoms with van der Waals surface area (Å²) in [5, 5.41) is 4.03. The Kier molecular flexibility index (Phi) is 5.25. The van der Waals surface area contributed by atoms with Crippen LogP contribution in [0.1, 0.15) is 18.4 Å². The maximum atomic E-state index is 11.9. The molecule has 0 bridgehead atoms. The van der Waals surface area contributed by atoms with Gasteiger partial charge in [-0.1, -0.05) is 0 Å². The van der Waals surface area contributed by atoms with Crippen LogP contribution >= 0.6 is 23.7 Å². The van der Waals surface area contributed by atoms with E-state index >= 15 is 0 Å². The van der Waals surface area contributed by atoms with E-state index in [1.165, 1.54) is 0 Å². The van der Waals surface area contributed by atoms with E-state index in [9.17, 15) is 4.79 Å². The molecule has 1 atom stereocenters. The van der Waals surface area contributed by atoms with E-state index in [1.54, 1.807) is 11.3 Å². The number of likely N-dealkylation sites (tertiary alicyclic amines) is 1. The third-order valence-corrected chi connectivity index (χ3v) is 3.48. The molecule has 90 valence electrons. The summed E-state index contributed by atoms with van der Waals surface area (Å²) in [6, 6.07) is 2.18. The van der Waals surface area contributed by atoms with Crippen molar-refractivity contribution in [2.75, 3.05) is 13.1 Å². The van der Waals surface area contributed by atoms with Crippen molar-refractivity contribution in [1.29, 1.82) is 0 Å². The lowest BCUT2D eigenvalue weighted by Gasteiger charge is -2.30. The monoisotopic (exact) mass is 260 g/mol. The molecule has 16 heavy (non-hydrogen) atoms. The third-order valence-electron chi connectivity index (χ3n) is 2.75. The molecule has 3 nitrogen and oxygen atoms in total. The van der Waals surface area contributed by atoms with Gasteiger partial charge in [0.1, 0.15) is 0 Å². The molecule has 5 heteroatoms. The minimum atomic E-state index is 0. The Labute approximate surface area is 106 Å². The van der Waals surface area contributed by atoms with Crippen molar-refractivity contribution < 1.29 is 4.79 Å². The van der Waals surface area contributed by atoms with E-state index in [0.717, 1.165) is 31.5 Å². The van der Waals surface area contributed by atoms with Gasteiger partial charge in [-0.3, -0.25) is 4.79 Å². The van der Waals surface area contributed by atoms with Gasteiger partial charge in [-0.25, -0.2) is 0 Å². The van der Waals surface area contributed by atoms with Crippen molar-refractivity contribution in [1.82, 2.24) is 4.90 Å². The lowest BCUT2D eigenvalue weighted by atomic mass is 10.1. The molecule has 2 N–H and O–H groups in total. The molecule has 1 saturated heterocycles. The first-order chi connectivity index (χ1) is 7.25. The molecule has 2 heterocycles. The van der Waals surface area contributed by atoms with Gasteiger partial charge < -0.3 is 10.6 Å². The number of thiophene rings is 1. The highest BCUT2D eigenvalue weighted by atomic mass is 35.5. The molecule has 0 aliphatic carbocycles. The second-order valence-corrected chi connectivity index (χ2v) is 4.83. The largest absolute Gasteiger partial charge is 0.341 e. The first-order valence-electron chi connectivity index (χ1n) is 5.30. The molecular formula is C11H17ClN2OS. The zero-order chi connectivity index (χ0) is 10.7. The molecule has 1 aliphatic rings.